The van der Waals surface area contributed by atoms with Crippen LogP contribution in [0.5, 0.6) is 0 Å². The van der Waals surface area contributed by atoms with Crippen molar-refractivity contribution in [1.82, 2.24) is 9.88 Å². The van der Waals surface area contributed by atoms with Crippen LogP contribution in [0.2, 0.25) is 0 Å². The molecule has 0 aliphatic carbocycles. The van der Waals surface area contributed by atoms with E-state index >= 15 is 0 Å². The Hall–Kier alpha value is -2.82. The van der Waals surface area contributed by atoms with Gasteiger partial charge in [0.05, 0.1) is 0 Å². The first kappa shape index (κ1) is 15.7. The molecule has 1 saturated heterocycles. The lowest BCUT2D eigenvalue weighted by molar-refractivity contribution is -0.131. The van der Waals surface area contributed by atoms with Crippen LogP contribution in [-0.2, 0) is 4.79 Å². The molecular weight excluding hydrogens is 314 g/mol. The number of oxazole rings is 1. The Bertz CT molecular complexity index is 882. The SMILES string of the molecule is Cc1nc2cc(N[C@H](C(=O)N3CCCC3)c3ccccc3)ccc2o1. The van der Waals surface area contributed by atoms with E-state index in [1.165, 1.54) is 0 Å². The van der Waals surface area contributed by atoms with E-state index in [9.17, 15) is 4.79 Å². The quantitative estimate of drug-likeness (QED) is 0.785. The van der Waals surface area contributed by atoms with Crippen LogP contribution in [0.25, 0.3) is 11.1 Å². The molecule has 1 aliphatic heterocycles. The Morgan fingerprint density at radius 1 is 1.16 bits per heavy atom. The second-order valence-electron chi connectivity index (χ2n) is 6.44. The second-order valence-corrected chi connectivity index (χ2v) is 6.44. The number of amides is 1. The average Bonchev–Trinajstić information content (AvgIpc) is 3.28. The first-order chi connectivity index (χ1) is 12.2. The van der Waals surface area contributed by atoms with Gasteiger partial charge in [-0.05, 0) is 36.6 Å². The lowest BCUT2D eigenvalue weighted by atomic mass is 10.0. The molecule has 3 aromatic rings. The van der Waals surface area contributed by atoms with Gasteiger partial charge < -0.3 is 14.6 Å². The number of carbonyl (C=O) groups excluding carboxylic acids is 1. The van der Waals surface area contributed by atoms with Gasteiger partial charge in [0.25, 0.3) is 0 Å². The number of hydrogen-bond donors (Lipinski definition) is 1. The molecule has 2 aromatic carbocycles. The first-order valence-corrected chi connectivity index (χ1v) is 8.68. The number of fused-ring (bicyclic) bond motifs is 1. The normalized spacial score (nSPS) is 15.5. The Balaban J connectivity index is 1.65. The van der Waals surface area contributed by atoms with Crippen LogP contribution < -0.4 is 5.32 Å². The number of aryl methyl sites for hydroxylation is 1. The lowest BCUT2D eigenvalue weighted by Gasteiger charge is -2.25. The number of nitrogens with zero attached hydrogens (tertiary/aromatic N) is 2. The highest BCUT2D eigenvalue weighted by atomic mass is 16.3. The molecule has 5 heteroatoms. The molecule has 1 aliphatic rings. The van der Waals surface area contributed by atoms with E-state index in [1.807, 2.05) is 60.4 Å². The number of nitrogens with one attached hydrogen (secondary N) is 1. The van der Waals surface area contributed by atoms with E-state index in [2.05, 4.69) is 10.3 Å². The van der Waals surface area contributed by atoms with Gasteiger partial charge in [0.2, 0.25) is 5.91 Å². The highest BCUT2D eigenvalue weighted by Crippen LogP contribution is 2.26. The van der Waals surface area contributed by atoms with Crippen LogP contribution in [0, 0.1) is 6.92 Å². The molecule has 0 bridgehead atoms. The summed E-state index contributed by atoms with van der Waals surface area (Å²) in [6, 6.07) is 15.2. The van der Waals surface area contributed by atoms with E-state index < -0.39 is 6.04 Å². The standard InChI is InChI=1S/C20H21N3O2/c1-14-21-17-13-16(9-10-18(17)25-14)22-19(15-7-3-2-4-8-15)20(24)23-11-5-6-12-23/h2-4,7-10,13,19,22H,5-6,11-12H2,1H3/t19-/m0/s1. The number of hydrogen-bond acceptors (Lipinski definition) is 4. The summed E-state index contributed by atoms with van der Waals surface area (Å²) in [7, 11) is 0. The van der Waals surface area contributed by atoms with Crippen LogP contribution in [0.15, 0.2) is 52.9 Å². The van der Waals surface area contributed by atoms with Gasteiger partial charge in [-0.1, -0.05) is 30.3 Å². The summed E-state index contributed by atoms with van der Waals surface area (Å²) in [6.45, 7) is 3.51. The monoisotopic (exact) mass is 335 g/mol. The number of benzene rings is 2. The number of carbonyl (C=O) groups is 1. The van der Waals surface area contributed by atoms with Gasteiger partial charge in [-0.2, -0.15) is 0 Å². The van der Waals surface area contributed by atoms with Gasteiger partial charge in [0, 0.05) is 25.7 Å². The topological polar surface area (TPSA) is 58.4 Å². The van der Waals surface area contributed by atoms with Crippen molar-refractivity contribution in [1.29, 1.82) is 0 Å². The van der Waals surface area contributed by atoms with E-state index in [1.54, 1.807) is 0 Å². The van der Waals surface area contributed by atoms with Gasteiger partial charge in [-0.3, -0.25) is 4.79 Å². The number of anilines is 1. The van der Waals surface area contributed by atoms with E-state index in [4.69, 9.17) is 4.42 Å². The van der Waals surface area contributed by atoms with Gasteiger partial charge in [0.1, 0.15) is 11.6 Å². The fourth-order valence-corrected chi connectivity index (χ4v) is 3.35. The van der Waals surface area contributed by atoms with E-state index in [-0.39, 0.29) is 5.91 Å². The maximum absolute atomic E-state index is 13.0. The first-order valence-electron chi connectivity index (χ1n) is 8.68. The van der Waals surface area contributed by atoms with Crippen molar-refractivity contribution in [2.24, 2.45) is 0 Å². The predicted molar refractivity (Wildman–Crippen MR) is 97.4 cm³/mol. The van der Waals surface area contributed by atoms with Crippen LogP contribution in [0.4, 0.5) is 5.69 Å². The smallest absolute Gasteiger partial charge is 0.249 e. The minimum Gasteiger partial charge on any atom is -0.441 e. The molecule has 1 atom stereocenters. The number of rotatable bonds is 4. The molecule has 0 unspecified atom stereocenters. The Morgan fingerprint density at radius 3 is 2.68 bits per heavy atom. The lowest BCUT2D eigenvalue weighted by Crippen LogP contribution is -2.36. The summed E-state index contributed by atoms with van der Waals surface area (Å²) in [6.07, 6.45) is 2.16. The van der Waals surface area contributed by atoms with Crippen molar-refractivity contribution in [3.8, 4) is 0 Å². The van der Waals surface area contributed by atoms with Crippen LogP contribution >= 0.6 is 0 Å². The van der Waals surface area contributed by atoms with Gasteiger partial charge in [-0.15, -0.1) is 0 Å². The van der Waals surface area contributed by atoms with Gasteiger partial charge in [0.15, 0.2) is 11.5 Å². The van der Waals surface area contributed by atoms with Crippen LogP contribution in [-0.4, -0.2) is 28.9 Å². The molecule has 0 spiro atoms. The second kappa shape index (κ2) is 6.59. The van der Waals surface area contributed by atoms with Crippen LogP contribution in [0.1, 0.15) is 30.3 Å². The molecule has 128 valence electrons. The molecule has 1 aromatic heterocycles. The fourth-order valence-electron chi connectivity index (χ4n) is 3.35. The molecule has 0 saturated carbocycles. The Kier molecular flexibility index (Phi) is 4.14. The molecule has 5 nitrogen and oxygen atoms in total. The van der Waals surface area contributed by atoms with Gasteiger partial charge >= 0.3 is 0 Å². The van der Waals surface area contributed by atoms with Crippen molar-refractivity contribution in [2.45, 2.75) is 25.8 Å². The van der Waals surface area contributed by atoms with Crippen molar-refractivity contribution in [2.75, 3.05) is 18.4 Å². The van der Waals surface area contributed by atoms with E-state index in [0.717, 1.165) is 48.3 Å². The third kappa shape index (κ3) is 3.22. The summed E-state index contributed by atoms with van der Waals surface area (Å²) in [5.41, 5.74) is 3.38. The van der Waals surface area contributed by atoms with E-state index in [0.29, 0.717) is 5.89 Å². The number of likely N-dealkylation sites (tertiary alicyclic amines) is 1. The van der Waals surface area contributed by atoms with Crippen molar-refractivity contribution >= 4 is 22.7 Å². The fraction of sp³-hybridized carbons (Fsp3) is 0.300. The highest BCUT2D eigenvalue weighted by molar-refractivity contribution is 5.87. The van der Waals surface area contributed by atoms with Crippen molar-refractivity contribution in [3.63, 3.8) is 0 Å². The minimum absolute atomic E-state index is 0.125. The summed E-state index contributed by atoms with van der Waals surface area (Å²) in [5, 5.41) is 3.40. The number of aromatic nitrogens is 1. The average molecular weight is 335 g/mol. The molecule has 2 heterocycles. The molecule has 4 rings (SSSR count). The predicted octanol–water partition coefficient (Wildman–Crippen LogP) is 3.91. The highest BCUT2D eigenvalue weighted by Gasteiger charge is 2.27. The van der Waals surface area contributed by atoms with Crippen LogP contribution in [0.3, 0.4) is 0 Å². The van der Waals surface area contributed by atoms with Gasteiger partial charge in [-0.25, -0.2) is 4.98 Å². The summed E-state index contributed by atoms with van der Waals surface area (Å²) in [4.78, 5) is 19.4. The summed E-state index contributed by atoms with van der Waals surface area (Å²) in [5.74, 6) is 0.764. The molecule has 1 amide bonds. The zero-order chi connectivity index (χ0) is 17.2. The molecule has 1 N–H and O–H groups in total. The molecule has 1 fully saturated rings. The molecule has 25 heavy (non-hydrogen) atoms. The summed E-state index contributed by atoms with van der Waals surface area (Å²) < 4.78 is 5.53. The Morgan fingerprint density at radius 2 is 1.92 bits per heavy atom. The maximum Gasteiger partial charge on any atom is 0.249 e. The van der Waals surface area contributed by atoms with Crippen molar-refractivity contribution in [3.05, 3.63) is 60.0 Å². The minimum atomic E-state index is -0.398. The largest absolute Gasteiger partial charge is 0.441 e. The third-order valence-electron chi connectivity index (χ3n) is 4.60. The Labute approximate surface area is 146 Å². The molecular formula is C20H21N3O2. The zero-order valence-corrected chi connectivity index (χ0v) is 14.2. The third-order valence-corrected chi connectivity index (χ3v) is 4.60. The summed E-state index contributed by atoms with van der Waals surface area (Å²) >= 11 is 0. The zero-order valence-electron chi connectivity index (χ0n) is 14.2. The van der Waals surface area contributed by atoms with Crippen molar-refractivity contribution < 1.29 is 9.21 Å². The maximum atomic E-state index is 13.0. The molecule has 0 radical (unpaired) electrons.